The zero-order valence-electron chi connectivity index (χ0n) is 16.2. The summed E-state index contributed by atoms with van der Waals surface area (Å²) < 4.78 is 29.9. The van der Waals surface area contributed by atoms with Crippen LogP contribution in [0.3, 0.4) is 0 Å². The lowest BCUT2D eigenvalue weighted by Crippen LogP contribution is -2.38. The van der Waals surface area contributed by atoms with Crippen molar-refractivity contribution in [3.63, 3.8) is 0 Å². The number of halogens is 1. The van der Waals surface area contributed by atoms with Crippen molar-refractivity contribution in [2.75, 3.05) is 39.3 Å². The van der Waals surface area contributed by atoms with E-state index in [-0.39, 0.29) is 17.2 Å². The number of guanidine groups is 1. The first-order valence-corrected chi connectivity index (χ1v) is 9.19. The molecule has 0 aromatic heterocycles. The number of nitrogens with one attached hydrogen (secondary N) is 1. The third-order valence-corrected chi connectivity index (χ3v) is 5.11. The zero-order chi connectivity index (χ0) is 20.0. The van der Waals surface area contributed by atoms with Gasteiger partial charge < -0.3 is 25.3 Å². The highest BCUT2D eigenvalue weighted by molar-refractivity contribution is 5.94. The van der Waals surface area contributed by atoms with Gasteiger partial charge in [0.2, 0.25) is 0 Å². The first-order valence-electron chi connectivity index (χ1n) is 9.19. The minimum Gasteiger partial charge on any atom is -0.497 e. The molecule has 7 heteroatoms. The Kier molecular flexibility index (Phi) is 6.36. The minimum absolute atomic E-state index is 0.250. The highest BCUT2D eigenvalue weighted by atomic mass is 19.1. The monoisotopic (exact) mass is 387 g/mol. The summed E-state index contributed by atoms with van der Waals surface area (Å²) >= 11 is 0. The van der Waals surface area contributed by atoms with Gasteiger partial charge in [-0.25, -0.2) is 4.39 Å². The van der Waals surface area contributed by atoms with E-state index in [1.54, 1.807) is 44.6 Å². The second kappa shape index (κ2) is 8.93. The molecule has 1 fully saturated rings. The smallest absolute Gasteiger partial charge is 0.193 e. The highest BCUT2D eigenvalue weighted by Gasteiger charge is 2.34. The molecule has 2 aromatic rings. The summed E-state index contributed by atoms with van der Waals surface area (Å²) in [5.41, 5.74) is 7.43. The molecule has 1 aliphatic heterocycles. The van der Waals surface area contributed by atoms with E-state index >= 15 is 0 Å². The van der Waals surface area contributed by atoms with Crippen molar-refractivity contribution in [1.82, 2.24) is 0 Å². The molecular formula is C21H26FN3O3. The number of rotatable bonds is 6. The quantitative estimate of drug-likeness (QED) is 0.587. The SMILES string of the molecule is COc1ccc(OC)c(NC(N)=NCC2(c3cccc(F)c3)CCOCC2)c1. The Morgan fingerprint density at radius 1 is 1.18 bits per heavy atom. The molecule has 0 saturated carbocycles. The van der Waals surface area contributed by atoms with Crippen molar-refractivity contribution in [3.05, 3.63) is 53.8 Å². The number of hydrogen-bond acceptors (Lipinski definition) is 4. The molecule has 0 amide bonds. The molecule has 28 heavy (non-hydrogen) atoms. The van der Waals surface area contributed by atoms with Crippen molar-refractivity contribution in [3.8, 4) is 11.5 Å². The van der Waals surface area contributed by atoms with Crippen LogP contribution in [-0.2, 0) is 10.2 Å². The molecular weight excluding hydrogens is 361 g/mol. The standard InChI is InChI=1S/C21H26FN3O3/c1-26-17-6-7-19(27-2)18(13-17)25-20(23)24-14-21(8-10-28-11-9-21)15-4-3-5-16(22)12-15/h3-7,12-13H,8-11,14H2,1-2H3,(H3,23,24,25). The van der Waals surface area contributed by atoms with E-state index < -0.39 is 0 Å². The number of benzene rings is 2. The van der Waals surface area contributed by atoms with Gasteiger partial charge in [0.15, 0.2) is 5.96 Å². The number of methoxy groups -OCH3 is 2. The number of anilines is 1. The van der Waals surface area contributed by atoms with E-state index in [4.69, 9.17) is 19.9 Å². The number of aliphatic imine (C=N–C) groups is 1. The second-order valence-electron chi connectivity index (χ2n) is 6.80. The maximum absolute atomic E-state index is 13.8. The fourth-order valence-electron chi connectivity index (χ4n) is 3.44. The minimum atomic E-state index is -0.300. The number of nitrogens with zero attached hydrogens (tertiary/aromatic N) is 1. The van der Waals surface area contributed by atoms with Gasteiger partial charge in [0, 0.05) is 24.7 Å². The highest BCUT2D eigenvalue weighted by Crippen LogP contribution is 2.35. The van der Waals surface area contributed by atoms with Gasteiger partial charge in [-0.05, 0) is 42.7 Å². The number of nitrogens with two attached hydrogens (primary N) is 1. The van der Waals surface area contributed by atoms with Crippen LogP contribution < -0.4 is 20.5 Å². The summed E-state index contributed by atoms with van der Waals surface area (Å²) in [6, 6.07) is 12.1. The van der Waals surface area contributed by atoms with Crippen molar-refractivity contribution in [2.24, 2.45) is 10.7 Å². The van der Waals surface area contributed by atoms with Gasteiger partial charge in [0.1, 0.15) is 17.3 Å². The van der Waals surface area contributed by atoms with Crippen molar-refractivity contribution < 1.29 is 18.6 Å². The summed E-state index contributed by atoms with van der Waals surface area (Å²) in [7, 11) is 3.18. The summed E-state index contributed by atoms with van der Waals surface area (Å²) in [6.45, 7) is 1.66. The fraction of sp³-hybridized carbons (Fsp3) is 0.381. The molecule has 1 aliphatic rings. The molecule has 1 saturated heterocycles. The van der Waals surface area contributed by atoms with E-state index in [1.165, 1.54) is 6.07 Å². The van der Waals surface area contributed by atoms with E-state index in [1.807, 2.05) is 6.07 Å². The molecule has 0 spiro atoms. The van der Waals surface area contributed by atoms with Gasteiger partial charge in [-0.1, -0.05) is 12.1 Å². The topological polar surface area (TPSA) is 78.1 Å². The lowest BCUT2D eigenvalue weighted by Gasteiger charge is -2.36. The average Bonchev–Trinajstić information content (AvgIpc) is 2.73. The predicted molar refractivity (Wildman–Crippen MR) is 108 cm³/mol. The molecule has 3 N–H and O–H groups in total. The summed E-state index contributed by atoms with van der Waals surface area (Å²) in [4.78, 5) is 4.56. The lowest BCUT2D eigenvalue weighted by atomic mass is 9.74. The third kappa shape index (κ3) is 4.54. The molecule has 150 valence electrons. The average molecular weight is 387 g/mol. The van der Waals surface area contributed by atoms with Crippen molar-refractivity contribution >= 4 is 11.6 Å². The van der Waals surface area contributed by atoms with Crippen molar-refractivity contribution in [1.29, 1.82) is 0 Å². The van der Waals surface area contributed by atoms with Gasteiger partial charge in [0.05, 0.1) is 26.5 Å². The Morgan fingerprint density at radius 3 is 2.64 bits per heavy atom. The van der Waals surface area contributed by atoms with E-state index in [2.05, 4.69) is 10.3 Å². The van der Waals surface area contributed by atoms with Crippen LogP contribution in [0.5, 0.6) is 11.5 Å². The molecule has 0 atom stereocenters. The summed E-state index contributed by atoms with van der Waals surface area (Å²) in [6.07, 6.45) is 1.52. The van der Waals surface area contributed by atoms with E-state index in [0.717, 1.165) is 18.4 Å². The number of ether oxygens (including phenoxy) is 3. The molecule has 3 rings (SSSR count). The Labute approximate surface area is 164 Å². The summed E-state index contributed by atoms with van der Waals surface area (Å²) in [5.74, 6) is 1.31. The van der Waals surface area contributed by atoms with Crippen LogP contribution in [0, 0.1) is 5.82 Å². The van der Waals surface area contributed by atoms with Crippen LogP contribution in [0.15, 0.2) is 47.5 Å². The molecule has 1 heterocycles. The second-order valence-corrected chi connectivity index (χ2v) is 6.80. The molecule has 0 radical (unpaired) electrons. The zero-order valence-corrected chi connectivity index (χ0v) is 16.2. The van der Waals surface area contributed by atoms with Gasteiger partial charge in [-0.3, -0.25) is 4.99 Å². The molecule has 6 nitrogen and oxygen atoms in total. The van der Waals surface area contributed by atoms with Gasteiger partial charge >= 0.3 is 0 Å². The third-order valence-electron chi connectivity index (χ3n) is 5.11. The predicted octanol–water partition coefficient (Wildman–Crippen LogP) is 3.32. The number of hydrogen-bond donors (Lipinski definition) is 2. The Balaban J connectivity index is 1.81. The van der Waals surface area contributed by atoms with Crippen LogP contribution in [0.2, 0.25) is 0 Å². The Hall–Kier alpha value is -2.80. The first-order chi connectivity index (χ1) is 13.6. The van der Waals surface area contributed by atoms with E-state index in [9.17, 15) is 4.39 Å². The van der Waals surface area contributed by atoms with E-state index in [0.29, 0.717) is 36.9 Å². The van der Waals surface area contributed by atoms with Crippen LogP contribution in [-0.4, -0.2) is 39.9 Å². The molecule has 0 unspecified atom stereocenters. The first kappa shape index (κ1) is 19.9. The van der Waals surface area contributed by atoms with Gasteiger partial charge in [-0.2, -0.15) is 0 Å². The van der Waals surface area contributed by atoms with Crippen LogP contribution >= 0.6 is 0 Å². The van der Waals surface area contributed by atoms with Crippen LogP contribution in [0.4, 0.5) is 10.1 Å². The molecule has 0 aliphatic carbocycles. The molecule has 0 bridgehead atoms. The fourth-order valence-corrected chi connectivity index (χ4v) is 3.44. The lowest BCUT2D eigenvalue weighted by molar-refractivity contribution is 0.0530. The maximum Gasteiger partial charge on any atom is 0.193 e. The largest absolute Gasteiger partial charge is 0.497 e. The maximum atomic E-state index is 13.8. The normalized spacial score (nSPS) is 16.5. The van der Waals surface area contributed by atoms with Gasteiger partial charge in [-0.15, -0.1) is 0 Å². The Morgan fingerprint density at radius 2 is 1.96 bits per heavy atom. The van der Waals surface area contributed by atoms with Gasteiger partial charge in [0.25, 0.3) is 0 Å². The summed E-state index contributed by atoms with van der Waals surface area (Å²) in [5, 5.41) is 3.07. The van der Waals surface area contributed by atoms with Crippen LogP contribution in [0.1, 0.15) is 18.4 Å². The Bertz CT molecular complexity index is 835. The van der Waals surface area contributed by atoms with Crippen LogP contribution in [0.25, 0.3) is 0 Å². The molecule has 2 aromatic carbocycles. The van der Waals surface area contributed by atoms with Crippen molar-refractivity contribution in [2.45, 2.75) is 18.3 Å².